The van der Waals surface area contributed by atoms with Crippen molar-refractivity contribution in [3.8, 4) is 5.75 Å². The first-order valence-corrected chi connectivity index (χ1v) is 3.90. The lowest BCUT2D eigenvalue weighted by molar-refractivity contribution is 0.186. The Morgan fingerprint density at radius 1 is 1.62 bits per heavy atom. The quantitative estimate of drug-likeness (QED) is 0.733. The molecule has 0 saturated carbocycles. The molecule has 0 aliphatic heterocycles. The van der Waals surface area contributed by atoms with Crippen molar-refractivity contribution in [2.75, 3.05) is 13.7 Å². The predicted molar refractivity (Wildman–Crippen MR) is 47.0 cm³/mol. The van der Waals surface area contributed by atoms with Crippen LogP contribution in [0.5, 0.6) is 5.75 Å². The van der Waals surface area contributed by atoms with Crippen LogP contribution in [0.25, 0.3) is 0 Å². The maximum Gasteiger partial charge on any atom is 0.165 e. The number of ether oxygens (including phenoxy) is 1. The number of hydrogen-bond donors (Lipinski definition) is 2. The van der Waals surface area contributed by atoms with E-state index in [1.54, 1.807) is 6.07 Å². The Morgan fingerprint density at radius 3 is 2.77 bits per heavy atom. The molecule has 0 amide bonds. The van der Waals surface area contributed by atoms with Crippen LogP contribution < -0.4 is 10.5 Å². The van der Waals surface area contributed by atoms with Crippen molar-refractivity contribution < 1.29 is 14.2 Å². The summed E-state index contributed by atoms with van der Waals surface area (Å²) in [5, 5.41) is 9.28. The fourth-order valence-electron chi connectivity index (χ4n) is 1.03. The van der Waals surface area contributed by atoms with Gasteiger partial charge in [0.05, 0.1) is 13.2 Å². The van der Waals surface area contributed by atoms with Crippen molar-refractivity contribution in [3.63, 3.8) is 0 Å². The van der Waals surface area contributed by atoms with Crippen LogP contribution in [-0.4, -0.2) is 18.8 Å². The molecule has 0 fully saturated rings. The Labute approximate surface area is 75.9 Å². The van der Waals surface area contributed by atoms with Gasteiger partial charge in [-0.3, -0.25) is 0 Å². The van der Waals surface area contributed by atoms with E-state index in [0.29, 0.717) is 5.56 Å². The molecule has 0 bridgehead atoms. The second-order valence-electron chi connectivity index (χ2n) is 2.65. The zero-order valence-corrected chi connectivity index (χ0v) is 7.33. The molecule has 0 unspecified atom stereocenters. The molecule has 13 heavy (non-hydrogen) atoms. The summed E-state index contributed by atoms with van der Waals surface area (Å²) in [6.45, 7) is 0.0752. The molecular weight excluding hydrogens is 173 g/mol. The van der Waals surface area contributed by atoms with E-state index in [1.165, 1.54) is 19.2 Å². The number of benzene rings is 1. The fourth-order valence-corrected chi connectivity index (χ4v) is 1.03. The lowest BCUT2D eigenvalue weighted by Gasteiger charge is -2.09. The van der Waals surface area contributed by atoms with Gasteiger partial charge in [-0.25, -0.2) is 4.39 Å². The Morgan fingerprint density at radius 2 is 2.31 bits per heavy atom. The average Bonchev–Trinajstić information content (AvgIpc) is 2.16. The fraction of sp³-hybridized carbons (Fsp3) is 0.333. The highest BCUT2D eigenvalue weighted by molar-refractivity contribution is 5.30. The van der Waals surface area contributed by atoms with Gasteiger partial charge in [0, 0.05) is 6.54 Å². The molecule has 1 aromatic rings. The first-order chi connectivity index (χ1) is 6.19. The molecule has 0 heterocycles. The third kappa shape index (κ3) is 2.17. The van der Waals surface area contributed by atoms with Gasteiger partial charge in [0.1, 0.15) is 0 Å². The van der Waals surface area contributed by atoms with Gasteiger partial charge in [-0.1, -0.05) is 6.07 Å². The average molecular weight is 185 g/mol. The molecule has 0 aromatic heterocycles. The van der Waals surface area contributed by atoms with Gasteiger partial charge in [-0.15, -0.1) is 0 Å². The maximum absolute atomic E-state index is 13.1. The van der Waals surface area contributed by atoms with E-state index in [0.717, 1.165) is 0 Å². The van der Waals surface area contributed by atoms with Crippen LogP contribution in [0.4, 0.5) is 4.39 Å². The van der Waals surface area contributed by atoms with E-state index >= 15 is 0 Å². The van der Waals surface area contributed by atoms with E-state index in [1.807, 2.05) is 0 Å². The predicted octanol–water partition coefficient (Wildman–Crippen LogP) is 0.826. The normalized spacial score (nSPS) is 12.6. The number of rotatable bonds is 3. The third-order valence-corrected chi connectivity index (χ3v) is 1.78. The van der Waals surface area contributed by atoms with E-state index in [2.05, 4.69) is 0 Å². The lowest BCUT2D eigenvalue weighted by atomic mass is 10.1. The SMILES string of the molecule is COc1ccc([C@H](O)CN)cc1F. The summed E-state index contributed by atoms with van der Waals surface area (Å²) < 4.78 is 17.8. The van der Waals surface area contributed by atoms with Gasteiger partial charge in [0.25, 0.3) is 0 Å². The van der Waals surface area contributed by atoms with Crippen molar-refractivity contribution in [1.82, 2.24) is 0 Å². The molecule has 0 aliphatic rings. The molecule has 0 radical (unpaired) electrons. The van der Waals surface area contributed by atoms with Gasteiger partial charge in [-0.05, 0) is 17.7 Å². The largest absolute Gasteiger partial charge is 0.494 e. The monoisotopic (exact) mass is 185 g/mol. The van der Waals surface area contributed by atoms with Crippen LogP contribution in [0, 0.1) is 5.82 Å². The molecule has 72 valence electrons. The van der Waals surface area contributed by atoms with Crippen molar-refractivity contribution in [2.45, 2.75) is 6.10 Å². The standard InChI is InChI=1S/C9H12FNO2/c1-13-9-3-2-6(4-7(9)10)8(12)5-11/h2-4,8,12H,5,11H2,1H3/t8-/m1/s1. The Kier molecular flexibility index (Phi) is 3.22. The first-order valence-electron chi connectivity index (χ1n) is 3.90. The van der Waals surface area contributed by atoms with Crippen molar-refractivity contribution in [1.29, 1.82) is 0 Å². The Balaban J connectivity index is 2.95. The van der Waals surface area contributed by atoms with Crippen molar-refractivity contribution in [2.24, 2.45) is 5.73 Å². The molecule has 0 spiro atoms. The van der Waals surface area contributed by atoms with Gasteiger partial charge < -0.3 is 15.6 Å². The van der Waals surface area contributed by atoms with E-state index in [-0.39, 0.29) is 12.3 Å². The van der Waals surface area contributed by atoms with Gasteiger partial charge in [-0.2, -0.15) is 0 Å². The zero-order valence-electron chi connectivity index (χ0n) is 7.33. The summed E-state index contributed by atoms with van der Waals surface area (Å²) in [6.07, 6.45) is -0.819. The number of nitrogens with two attached hydrogens (primary N) is 1. The van der Waals surface area contributed by atoms with Crippen molar-refractivity contribution in [3.05, 3.63) is 29.6 Å². The van der Waals surface area contributed by atoms with Crippen molar-refractivity contribution >= 4 is 0 Å². The van der Waals surface area contributed by atoms with Crippen LogP contribution >= 0.6 is 0 Å². The molecule has 4 heteroatoms. The van der Waals surface area contributed by atoms with E-state index in [4.69, 9.17) is 10.5 Å². The summed E-state index contributed by atoms with van der Waals surface area (Å²) in [5.74, 6) is -0.333. The highest BCUT2D eigenvalue weighted by Gasteiger charge is 2.08. The van der Waals surface area contributed by atoms with Crippen LogP contribution in [-0.2, 0) is 0 Å². The van der Waals surface area contributed by atoms with Gasteiger partial charge in [0.15, 0.2) is 11.6 Å². The minimum absolute atomic E-state index is 0.0752. The molecule has 1 rings (SSSR count). The number of hydrogen-bond acceptors (Lipinski definition) is 3. The number of methoxy groups -OCH3 is 1. The number of aliphatic hydroxyl groups excluding tert-OH is 1. The minimum atomic E-state index is -0.819. The molecule has 1 aromatic carbocycles. The van der Waals surface area contributed by atoms with E-state index in [9.17, 15) is 9.50 Å². The Bertz CT molecular complexity index is 291. The van der Waals surface area contributed by atoms with Gasteiger partial charge in [0.2, 0.25) is 0 Å². The molecule has 0 saturated heterocycles. The second kappa shape index (κ2) is 4.20. The summed E-state index contributed by atoms with van der Waals surface area (Å²) in [5.41, 5.74) is 5.68. The summed E-state index contributed by atoms with van der Waals surface area (Å²) >= 11 is 0. The minimum Gasteiger partial charge on any atom is -0.494 e. The van der Waals surface area contributed by atoms with Crippen LogP contribution in [0.2, 0.25) is 0 Å². The molecule has 0 aliphatic carbocycles. The summed E-state index contributed by atoms with van der Waals surface area (Å²) in [7, 11) is 1.39. The molecule has 3 nitrogen and oxygen atoms in total. The number of halogens is 1. The van der Waals surface area contributed by atoms with Gasteiger partial charge >= 0.3 is 0 Å². The summed E-state index contributed by atoms with van der Waals surface area (Å²) in [6, 6.07) is 4.26. The highest BCUT2D eigenvalue weighted by atomic mass is 19.1. The highest BCUT2D eigenvalue weighted by Crippen LogP contribution is 2.21. The lowest BCUT2D eigenvalue weighted by Crippen LogP contribution is -2.11. The van der Waals surface area contributed by atoms with Crippen LogP contribution in [0.1, 0.15) is 11.7 Å². The third-order valence-electron chi connectivity index (χ3n) is 1.78. The van der Waals surface area contributed by atoms with Crippen LogP contribution in [0.3, 0.4) is 0 Å². The molecule has 1 atom stereocenters. The topological polar surface area (TPSA) is 55.5 Å². The second-order valence-corrected chi connectivity index (χ2v) is 2.65. The first kappa shape index (κ1) is 9.95. The zero-order chi connectivity index (χ0) is 9.84. The maximum atomic E-state index is 13.1. The molecular formula is C9H12FNO2. The Hall–Kier alpha value is -1.13. The smallest absolute Gasteiger partial charge is 0.165 e. The molecule has 3 N–H and O–H groups in total. The number of aliphatic hydroxyl groups is 1. The summed E-state index contributed by atoms with van der Waals surface area (Å²) in [4.78, 5) is 0. The van der Waals surface area contributed by atoms with Crippen LogP contribution in [0.15, 0.2) is 18.2 Å². The van der Waals surface area contributed by atoms with E-state index < -0.39 is 11.9 Å².